The van der Waals surface area contributed by atoms with E-state index in [1.54, 1.807) is 36.0 Å². The number of amidine groups is 1. The van der Waals surface area contributed by atoms with Crippen LogP contribution in [0.3, 0.4) is 0 Å². The van der Waals surface area contributed by atoms with E-state index in [1.807, 2.05) is 30.5 Å². The van der Waals surface area contributed by atoms with Crippen LogP contribution in [0.15, 0.2) is 58.4 Å². The maximum Gasteiger partial charge on any atom is 0.278 e. The maximum absolute atomic E-state index is 11.9. The van der Waals surface area contributed by atoms with Crippen LogP contribution in [0.25, 0.3) is 0 Å². The van der Waals surface area contributed by atoms with Gasteiger partial charge in [-0.25, -0.2) is 0 Å². The Kier molecular flexibility index (Phi) is 4.82. The number of rotatable bonds is 3. The first-order valence-electron chi connectivity index (χ1n) is 5.88. The van der Waals surface area contributed by atoms with Crippen LogP contribution in [0.5, 0.6) is 0 Å². The largest absolute Gasteiger partial charge is 0.383 e. The summed E-state index contributed by atoms with van der Waals surface area (Å²) in [6.07, 6.45) is 2.00. The second kappa shape index (κ2) is 6.59. The molecule has 0 fully saturated rings. The van der Waals surface area contributed by atoms with Crippen molar-refractivity contribution in [1.82, 2.24) is 0 Å². The first kappa shape index (κ1) is 14.6. The molecule has 2 N–H and O–H groups in total. The molecule has 2 rings (SSSR count). The van der Waals surface area contributed by atoms with E-state index in [9.17, 15) is 4.79 Å². The lowest BCUT2D eigenvalue weighted by atomic mass is 10.2. The van der Waals surface area contributed by atoms with E-state index >= 15 is 0 Å². The maximum atomic E-state index is 11.9. The van der Waals surface area contributed by atoms with Gasteiger partial charge in [-0.2, -0.15) is 4.99 Å². The van der Waals surface area contributed by atoms with Crippen LogP contribution >= 0.6 is 23.4 Å². The van der Waals surface area contributed by atoms with Gasteiger partial charge in [0.2, 0.25) is 0 Å². The molecule has 0 saturated carbocycles. The van der Waals surface area contributed by atoms with Crippen LogP contribution in [0.4, 0.5) is 0 Å². The molecule has 0 aromatic heterocycles. The molecule has 0 aliphatic heterocycles. The molecule has 0 heterocycles. The monoisotopic (exact) mass is 304 g/mol. The van der Waals surface area contributed by atoms with E-state index in [1.165, 1.54) is 0 Å². The van der Waals surface area contributed by atoms with Crippen molar-refractivity contribution < 1.29 is 4.79 Å². The summed E-state index contributed by atoms with van der Waals surface area (Å²) in [7, 11) is 0. The molecule has 2 aromatic rings. The molecule has 2 aromatic carbocycles. The lowest BCUT2D eigenvalue weighted by Gasteiger charge is -2.02. The first-order chi connectivity index (χ1) is 9.60. The minimum atomic E-state index is -0.381. The molecule has 102 valence electrons. The first-order valence-corrected chi connectivity index (χ1v) is 7.49. The molecule has 0 saturated heterocycles. The van der Waals surface area contributed by atoms with Crippen LogP contribution in [-0.4, -0.2) is 18.0 Å². The number of benzene rings is 2. The van der Waals surface area contributed by atoms with Crippen molar-refractivity contribution in [1.29, 1.82) is 0 Å². The second-order valence-electron chi connectivity index (χ2n) is 4.04. The second-order valence-corrected chi connectivity index (χ2v) is 5.35. The number of hydrogen-bond acceptors (Lipinski definition) is 2. The predicted octanol–water partition coefficient (Wildman–Crippen LogP) is 3.61. The third kappa shape index (κ3) is 3.62. The van der Waals surface area contributed by atoms with Gasteiger partial charge in [0.15, 0.2) is 0 Å². The van der Waals surface area contributed by atoms with Gasteiger partial charge in [-0.3, -0.25) is 4.79 Å². The van der Waals surface area contributed by atoms with E-state index in [0.29, 0.717) is 10.6 Å². The van der Waals surface area contributed by atoms with Crippen molar-refractivity contribution in [2.45, 2.75) is 4.90 Å². The molecule has 0 spiro atoms. The van der Waals surface area contributed by atoms with Crippen molar-refractivity contribution in [3.8, 4) is 0 Å². The number of aliphatic imine (C=N–C) groups is 1. The van der Waals surface area contributed by atoms with Gasteiger partial charge in [0.1, 0.15) is 5.84 Å². The highest BCUT2D eigenvalue weighted by Gasteiger charge is 2.06. The van der Waals surface area contributed by atoms with Crippen LogP contribution < -0.4 is 5.73 Å². The van der Waals surface area contributed by atoms with E-state index in [-0.39, 0.29) is 11.7 Å². The molecule has 0 bridgehead atoms. The highest BCUT2D eigenvalue weighted by atomic mass is 35.5. The summed E-state index contributed by atoms with van der Waals surface area (Å²) in [6.45, 7) is 0. The van der Waals surface area contributed by atoms with Crippen molar-refractivity contribution in [2.24, 2.45) is 10.7 Å². The quantitative estimate of drug-likeness (QED) is 0.535. The molecule has 0 aliphatic rings. The Morgan fingerprint density at radius 3 is 2.15 bits per heavy atom. The minimum absolute atomic E-state index is 0.206. The Balaban J connectivity index is 2.20. The van der Waals surface area contributed by atoms with Gasteiger partial charge in [-0.15, -0.1) is 11.8 Å². The van der Waals surface area contributed by atoms with Crippen LogP contribution in [0, 0.1) is 0 Å². The fourth-order valence-electron chi connectivity index (χ4n) is 1.59. The Labute approximate surface area is 126 Å². The molecule has 3 nitrogen and oxygen atoms in total. The summed E-state index contributed by atoms with van der Waals surface area (Å²) in [6, 6.07) is 14.1. The van der Waals surface area contributed by atoms with Gasteiger partial charge < -0.3 is 5.73 Å². The number of hydrogen-bond donors (Lipinski definition) is 1. The summed E-state index contributed by atoms with van der Waals surface area (Å²) < 4.78 is 0. The fraction of sp³-hybridized carbons (Fsp3) is 0.0667. The Morgan fingerprint density at radius 2 is 1.60 bits per heavy atom. The van der Waals surface area contributed by atoms with Crippen LogP contribution in [0.1, 0.15) is 15.9 Å². The number of nitrogens with two attached hydrogens (primary N) is 1. The molecular formula is C15H13ClN2OS. The van der Waals surface area contributed by atoms with Gasteiger partial charge in [0, 0.05) is 21.0 Å². The van der Waals surface area contributed by atoms with Gasteiger partial charge in [0.25, 0.3) is 5.91 Å². The van der Waals surface area contributed by atoms with Crippen LogP contribution in [0.2, 0.25) is 5.02 Å². The minimum Gasteiger partial charge on any atom is -0.383 e. The summed E-state index contributed by atoms with van der Waals surface area (Å²) in [4.78, 5) is 17.0. The predicted molar refractivity (Wildman–Crippen MR) is 84.7 cm³/mol. The molecule has 1 amide bonds. The van der Waals surface area contributed by atoms with Crippen molar-refractivity contribution in [3.05, 3.63) is 64.7 Å². The number of thioether (sulfide) groups is 1. The smallest absolute Gasteiger partial charge is 0.278 e. The highest BCUT2D eigenvalue weighted by Crippen LogP contribution is 2.15. The highest BCUT2D eigenvalue weighted by molar-refractivity contribution is 7.98. The number of carbonyl (C=O) groups excluding carboxylic acids is 1. The van der Waals surface area contributed by atoms with Crippen molar-refractivity contribution in [2.75, 3.05) is 6.26 Å². The van der Waals surface area contributed by atoms with Crippen LogP contribution in [-0.2, 0) is 0 Å². The molecule has 0 radical (unpaired) electrons. The summed E-state index contributed by atoms with van der Waals surface area (Å²) in [5.41, 5.74) is 7.03. The van der Waals surface area contributed by atoms with Gasteiger partial charge >= 0.3 is 0 Å². The number of halogens is 1. The van der Waals surface area contributed by atoms with E-state index in [0.717, 1.165) is 10.5 Å². The van der Waals surface area contributed by atoms with Gasteiger partial charge in [-0.05, 0) is 42.7 Å². The number of amides is 1. The van der Waals surface area contributed by atoms with Gasteiger partial charge in [-0.1, -0.05) is 23.7 Å². The number of nitrogens with zero attached hydrogens (tertiary/aromatic N) is 1. The van der Waals surface area contributed by atoms with Crippen molar-refractivity contribution >= 4 is 35.1 Å². The summed E-state index contributed by atoms with van der Waals surface area (Å²) in [5, 5.41) is 0.575. The zero-order valence-electron chi connectivity index (χ0n) is 10.8. The third-order valence-corrected chi connectivity index (χ3v) is 3.69. The average Bonchev–Trinajstić information content (AvgIpc) is 2.48. The topological polar surface area (TPSA) is 55.4 Å². The van der Waals surface area contributed by atoms with E-state index < -0.39 is 0 Å². The summed E-state index contributed by atoms with van der Waals surface area (Å²) in [5.74, 6) is -0.175. The SMILES string of the molecule is CSc1ccc(C(N)=NC(=O)c2ccc(Cl)cc2)cc1. The Hall–Kier alpha value is -1.78. The molecule has 20 heavy (non-hydrogen) atoms. The van der Waals surface area contributed by atoms with E-state index in [2.05, 4.69) is 4.99 Å². The summed E-state index contributed by atoms with van der Waals surface area (Å²) >= 11 is 7.41. The third-order valence-electron chi connectivity index (χ3n) is 2.70. The molecule has 0 aliphatic carbocycles. The lowest BCUT2D eigenvalue weighted by Crippen LogP contribution is -2.15. The molecular weight excluding hydrogens is 292 g/mol. The Bertz CT molecular complexity index is 636. The van der Waals surface area contributed by atoms with E-state index in [4.69, 9.17) is 17.3 Å². The number of carbonyl (C=O) groups is 1. The normalized spacial score (nSPS) is 11.4. The zero-order chi connectivity index (χ0) is 14.5. The Morgan fingerprint density at radius 1 is 1.05 bits per heavy atom. The fourth-order valence-corrected chi connectivity index (χ4v) is 2.13. The zero-order valence-corrected chi connectivity index (χ0v) is 12.4. The lowest BCUT2D eigenvalue weighted by molar-refractivity contribution is 0.100. The van der Waals surface area contributed by atoms with Gasteiger partial charge in [0.05, 0.1) is 0 Å². The molecule has 5 heteroatoms. The average molecular weight is 305 g/mol. The molecule has 0 atom stereocenters. The van der Waals surface area contributed by atoms with Crippen molar-refractivity contribution in [3.63, 3.8) is 0 Å². The molecule has 0 unspecified atom stereocenters. The standard InChI is InChI=1S/C15H13ClN2OS/c1-20-13-8-4-10(5-9-13)14(17)18-15(19)11-2-6-12(16)7-3-11/h2-9H,1H3,(H2,17,18,19).